The van der Waals surface area contributed by atoms with Crippen molar-refractivity contribution in [2.24, 2.45) is 0 Å². The lowest BCUT2D eigenvalue weighted by Gasteiger charge is -2.25. The molecule has 0 aliphatic heterocycles. The van der Waals surface area contributed by atoms with Gasteiger partial charge in [-0.3, -0.25) is 14.4 Å². The van der Waals surface area contributed by atoms with E-state index < -0.39 is 14.9 Å². The molecule has 0 amide bonds. The molecule has 9 nitrogen and oxygen atoms in total. The molecule has 0 fully saturated rings. The molecule has 0 aliphatic rings. The largest absolute Gasteiger partial charge is 0.333 e. The van der Waals surface area contributed by atoms with Crippen molar-refractivity contribution in [3.8, 4) is 11.3 Å². The standard InChI is InChI=1S/C22H21N5O4S/c1-2-3-14-25(32(30,31)19-10-5-4-6-11-19)18-9-7-8-17(15-18)20-12-13-23-22-21(27(28)29)16-24-26(20)22/h4-13,15-16H,2-3,14H2,1H3. The summed E-state index contributed by atoms with van der Waals surface area (Å²) >= 11 is 0. The van der Waals surface area contributed by atoms with E-state index >= 15 is 0 Å². The molecule has 4 rings (SSSR count). The minimum Gasteiger partial charge on any atom is -0.266 e. The highest BCUT2D eigenvalue weighted by Crippen LogP contribution is 2.30. The summed E-state index contributed by atoms with van der Waals surface area (Å²) in [5.41, 5.74) is 1.67. The summed E-state index contributed by atoms with van der Waals surface area (Å²) < 4.78 is 29.6. The summed E-state index contributed by atoms with van der Waals surface area (Å²) in [6.07, 6.45) is 4.16. The lowest BCUT2D eigenvalue weighted by molar-refractivity contribution is -0.383. The molecule has 0 unspecified atom stereocenters. The summed E-state index contributed by atoms with van der Waals surface area (Å²) in [5, 5.41) is 15.4. The second-order valence-electron chi connectivity index (χ2n) is 7.15. The fourth-order valence-corrected chi connectivity index (χ4v) is 4.97. The van der Waals surface area contributed by atoms with Crippen LogP contribution in [0, 0.1) is 10.1 Å². The first-order valence-corrected chi connectivity index (χ1v) is 11.5. The average Bonchev–Trinajstić information content (AvgIpc) is 3.25. The van der Waals surface area contributed by atoms with E-state index in [0.29, 0.717) is 29.9 Å². The number of fused-ring (bicyclic) bond motifs is 1. The third kappa shape index (κ3) is 3.92. The Labute approximate surface area is 185 Å². The maximum atomic E-state index is 13.4. The number of rotatable bonds is 8. The number of nitrogens with zero attached hydrogens (tertiary/aromatic N) is 5. The van der Waals surface area contributed by atoms with Crippen molar-refractivity contribution in [2.75, 3.05) is 10.8 Å². The molecule has 0 aliphatic carbocycles. The van der Waals surface area contributed by atoms with Gasteiger partial charge in [-0.2, -0.15) is 5.10 Å². The monoisotopic (exact) mass is 451 g/mol. The SMILES string of the molecule is CCCCN(c1cccc(-c2ccnc3c([N+](=O)[O-])cnn23)c1)S(=O)(=O)c1ccccc1. The van der Waals surface area contributed by atoms with Crippen LogP contribution in [0.3, 0.4) is 0 Å². The summed E-state index contributed by atoms with van der Waals surface area (Å²) in [5.74, 6) is 0. The van der Waals surface area contributed by atoms with Gasteiger partial charge in [0, 0.05) is 18.3 Å². The van der Waals surface area contributed by atoms with Crippen LogP contribution in [-0.4, -0.2) is 34.5 Å². The highest BCUT2D eigenvalue weighted by Gasteiger charge is 2.25. The van der Waals surface area contributed by atoms with Crippen LogP contribution in [0.4, 0.5) is 11.4 Å². The number of unbranched alkanes of at least 4 members (excludes halogenated alkanes) is 1. The first kappa shape index (κ1) is 21.4. The van der Waals surface area contributed by atoms with E-state index in [2.05, 4.69) is 10.1 Å². The number of hydrogen-bond acceptors (Lipinski definition) is 6. The van der Waals surface area contributed by atoms with E-state index in [9.17, 15) is 18.5 Å². The molecule has 4 aromatic rings. The lowest BCUT2D eigenvalue weighted by Crippen LogP contribution is -2.32. The summed E-state index contributed by atoms with van der Waals surface area (Å²) in [4.78, 5) is 15.0. The second kappa shape index (κ2) is 8.75. The van der Waals surface area contributed by atoms with Crippen molar-refractivity contribution in [3.05, 3.63) is 83.2 Å². The van der Waals surface area contributed by atoms with Crippen molar-refractivity contribution in [3.63, 3.8) is 0 Å². The number of aromatic nitrogens is 3. The third-order valence-corrected chi connectivity index (χ3v) is 6.90. The molecule has 2 aromatic heterocycles. The Morgan fingerprint density at radius 3 is 2.59 bits per heavy atom. The Morgan fingerprint density at radius 2 is 1.88 bits per heavy atom. The van der Waals surface area contributed by atoms with E-state index in [1.54, 1.807) is 60.7 Å². The van der Waals surface area contributed by atoms with Crippen LogP contribution in [0.2, 0.25) is 0 Å². The zero-order valence-electron chi connectivity index (χ0n) is 17.3. The molecule has 0 N–H and O–H groups in total. The second-order valence-corrected chi connectivity index (χ2v) is 9.01. The van der Waals surface area contributed by atoms with E-state index in [1.807, 2.05) is 6.92 Å². The van der Waals surface area contributed by atoms with Crippen molar-refractivity contribution in [1.29, 1.82) is 0 Å². The Balaban J connectivity index is 1.82. The maximum Gasteiger partial charge on any atom is 0.333 e. The number of benzene rings is 2. The van der Waals surface area contributed by atoms with Gasteiger partial charge in [-0.15, -0.1) is 0 Å². The number of anilines is 1. The zero-order valence-corrected chi connectivity index (χ0v) is 18.1. The van der Waals surface area contributed by atoms with Gasteiger partial charge in [-0.25, -0.2) is 17.9 Å². The van der Waals surface area contributed by atoms with Gasteiger partial charge in [0.2, 0.25) is 5.65 Å². The van der Waals surface area contributed by atoms with E-state index in [4.69, 9.17) is 0 Å². The van der Waals surface area contributed by atoms with Gasteiger partial charge in [-0.1, -0.05) is 43.7 Å². The molecule has 0 atom stereocenters. The number of sulfonamides is 1. The topological polar surface area (TPSA) is 111 Å². The maximum absolute atomic E-state index is 13.4. The van der Waals surface area contributed by atoms with Gasteiger partial charge in [0.05, 0.1) is 21.2 Å². The molecule has 32 heavy (non-hydrogen) atoms. The van der Waals surface area contributed by atoms with E-state index in [1.165, 1.54) is 15.0 Å². The highest BCUT2D eigenvalue weighted by atomic mass is 32.2. The number of hydrogen-bond donors (Lipinski definition) is 0. The Kier molecular flexibility index (Phi) is 5.87. The van der Waals surface area contributed by atoms with Crippen LogP contribution < -0.4 is 4.31 Å². The molecule has 10 heteroatoms. The van der Waals surface area contributed by atoms with Gasteiger partial charge < -0.3 is 0 Å². The Morgan fingerprint density at radius 1 is 1.09 bits per heavy atom. The number of nitro groups is 1. The predicted octanol–water partition coefficient (Wildman–Crippen LogP) is 4.30. The van der Waals surface area contributed by atoms with Gasteiger partial charge in [0.25, 0.3) is 10.0 Å². The van der Waals surface area contributed by atoms with Crippen LogP contribution in [-0.2, 0) is 10.0 Å². The summed E-state index contributed by atoms with van der Waals surface area (Å²) in [6.45, 7) is 2.33. The van der Waals surface area contributed by atoms with Crippen LogP contribution in [0.5, 0.6) is 0 Å². The van der Waals surface area contributed by atoms with Gasteiger partial charge in [0.1, 0.15) is 6.20 Å². The summed E-state index contributed by atoms with van der Waals surface area (Å²) in [6, 6.07) is 17.0. The van der Waals surface area contributed by atoms with Crippen LogP contribution >= 0.6 is 0 Å². The van der Waals surface area contributed by atoms with Gasteiger partial charge in [-0.05, 0) is 36.8 Å². The average molecular weight is 452 g/mol. The zero-order chi connectivity index (χ0) is 22.7. The minimum absolute atomic E-state index is 0.123. The molecule has 0 saturated carbocycles. The van der Waals surface area contributed by atoms with Crippen molar-refractivity contribution in [2.45, 2.75) is 24.7 Å². The molecule has 164 valence electrons. The lowest BCUT2D eigenvalue weighted by atomic mass is 10.1. The quantitative estimate of drug-likeness (QED) is 0.292. The molecule has 0 saturated heterocycles. The first-order valence-electron chi connectivity index (χ1n) is 10.1. The first-order chi connectivity index (χ1) is 15.4. The van der Waals surface area contributed by atoms with Crippen LogP contribution in [0.1, 0.15) is 19.8 Å². The minimum atomic E-state index is -3.77. The molecular weight excluding hydrogens is 430 g/mol. The molecule has 0 radical (unpaired) electrons. The predicted molar refractivity (Wildman–Crippen MR) is 121 cm³/mol. The normalized spacial score (nSPS) is 11.5. The van der Waals surface area contributed by atoms with Crippen molar-refractivity contribution in [1.82, 2.24) is 14.6 Å². The third-order valence-electron chi connectivity index (χ3n) is 5.06. The molecule has 0 bridgehead atoms. The molecule has 2 aromatic carbocycles. The fourth-order valence-electron chi connectivity index (χ4n) is 3.46. The molecule has 0 spiro atoms. The smallest absolute Gasteiger partial charge is 0.266 e. The van der Waals surface area contributed by atoms with E-state index in [-0.39, 0.29) is 16.2 Å². The van der Waals surface area contributed by atoms with Crippen LogP contribution in [0.25, 0.3) is 16.9 Å². The van der Waals surface area contributed by atoms with E-state index in [0.717, 1.165) is 12.6 Å². The van der Waals surface area contributed by atoms with Crippen molar-refractivity contribution < 1.29 is 13.3 Å². The summed E-state index contributed by atoms with van der Waals surface area (Å²) in [7, 11) is -3.77. The van der Waals surface area contributed by atoms with Gasteiger partial charge >= 0.3 is 5.69 Å². The van der Waals surface area contributed by atoms with Gasteiger partial charge in [0.15, 0.2) is 0 Å². The highest BCUT2D eigenvalue weighted by molar-refractivity contribution is 7.92. The Hall–Kier alpha value is -3.79. The fraction of sp³-hybridized carbons (Fsp3) is 0.182. The molecular formula is C22H21N5O4S. The van der Waals surface area contributed by atoms with Crippen molar-refractivity contribution >= 4 is 27.0 Å². The molecule has 2 heterocycles. The van der Waals surface area contributed by atoms with Crippen LogP contribution in [0.15, 0.2) is 78.0 Å². The Bertz CT molecular complexity index is 1370.